The van der Waals surface area contributed by atoms with Crippen molar-refractivity contribution >= 4 is 11.6 Å². The van der Waals surface area contributed by atoms with Gasteiger partial charge in [-0.25, -0.2) is 4.98 Å². The number of pyridine rings is 2. The zero-order valence-corrected chi connectivity index (χ0v) is 10.8. The van der Waals surface area contributed by atoms with E-state index in [1.54, 1.807) is 18.5 Å². The lowest BCUT2D eigenvalue weighted by atomic mass is 10.2. The highest BCUT2D eigenvalue weighted by molar-refractivity contribution is 6.20. The third kappa shape index (κ3) is 4.30. The van der Waals surface area contributed by atoms with Crippen LogP contribution in [0.5, 0.6) is 5.88 Å². The van der Waals surface area contributed by atoms with Gasteiger partial charge < -0.3 is 4.74 Å². The van der Waals surface area contributed by atoms with Crippen LogP contribution >= 0.6 is 11.6 Å². The summed E-state index contributed by atoms with van der Waals surface area (Å²) in [7, 11) is 0. The molecule has 2 aromatic heterocycles. The average molecular weight is 278 g/mol. The zero-order valence-electron chi connectivity index (χ0n) is 10.1. The van der Waals surface area contributed by atoms with Gasteiger partial charge in [-0.05, 0) is 22.9 Å². The van der Waals surface area contributed by atoms with Gasteiger partial charge in [0.25, 0.3) is 0 Å². The Balaban J connectivity index is 1.90. The van der Waals surface area contributed by atoms with E-state index in [4.69, 9.17) is 16.3 Å². The predicted molar refractivity (Wildman–Crippen MR) is 71.9 cm³/mol. The molecule has 6 heteroatoms. The summed E-state index contributed by atoms with van der Waals surface area (Å²) >= 11 is 5.64. The van der Waals surface area contributed by atoms with Crippen LogP contribution in [0.1, 0.15) is 11.3 Å². The van der Waals surface area contributed by atoms with Crippen LogP contribution in [0.4, 0.5) is 0 Å². The highest BCUT2D eigenvalue weighted by Gasteiger charge is 2.05. The van der Waals surface area contributed by atoms with Gasteiger partial charge in [-0.1, -0.05) is 23.7 Å². The van der Waals surface area contributed by atoms with Crippen LogP contribution in [0.3, 0.4) is 0 Å². The highest BCUT2D eigenvalue weighted by atomic mass is 35.5. The molecule has 0 saturated carbocycles. The minimum absolute atomic E-state index is 0.341. The van der Waals surface area contributed by atoms with E-state index < -0.39 is 5.50 Å². The van der Waals surface area contributed by atoms with Crippen molar-refractivity contribution < 1.29 is 4.74 Å². The molecular formula is C13H12ClN3O2. The molecule has 98 valence electrons. The normalized spacial score (nSPS) is 11.8. The lowest BCUT2D eigenvalue weighted by Gasteiger charge is -2.05. The topological polar surface area (TPSA) is 64.4 Å². The Kier molecular flexibility index (Phi) is 4.80. The number of nitroso groups, excluding NO2 is 1. The van der Waals surface area contributed by atoms with E-state index in [2.05, 4.69) is 15.1 Å². The molecular weight excluding hydrogens is 266 g/mol. The number of halogens is 1. The Morgan fingerprint density at radius 1 is 1.26 bits per heavy atom. The number of hydrogen-bond donors (Lipinski definition) is 0. The molecule has 0 saturated heterocycles. The monoisotopic (exact) mass is 277 g/mol. The fourth-order valence-electron chi connectivity index (χ4n) is 1.47. The summed E-state index contributed by atoms with van der Waals surface area (Å²) in [6, 6.07) is 9.13. The lowest BCUT2D eigenvalue weighted by Crippen LogP contribution is -2.02. The van der Waals surface area contributed by atoms with Gasteiger partial charge in [-0.2, -0.15) is 0 Å². The van der Waals surface area contributed by atoms with Crippen molar-refractivity contribution in [3.63, 3.8) is 0 Å². The van der Waals surface area contributed by atoms with E-state index in [1.807, 2.05) is 24.3 Å². The van der Waals surface area contributed by atoms with Crippen LogP contribution < -0.4 is 4.74 Å². The maximum atomic E-state index is 10.2. The van der Waals surface area contributed by atoms with Crippen LogP contribution in [0, 0.1) is 4.91 Å². The number of ether oxygens (including phenoxy) is 1. The van der Waals surface area contributed by atoms with Crippen LogP contribution in [0.15, 0.2) is 47.9 Å². The van der Waals surface area contributed by atoms with Crippen molar-refractivity contribution in [2.45, 2.75) is 18.5 Å². The summed E-state index contributed by atoms with van der Waals surface area (Å²) in [5, 5.41) is 2.74. The smallest absolute Gasteiger partial charge is 0.213 e. The molecule has 0 aliphatic rings. The molecule has 2 rings (SSSR count). The second kappa shape index (κ2) is 6.80. The van der Waals surface area contributed by atoms with Crippen molar-refractivity contribution in [1.82, 2.24) is 9.97 Å². The molecule has 5 nitrogen and oxygen atoms in total. The molecule has 0 aliphatic heterocycles. The first kappa shape index (κ1) is 13.4. The lowest BCUT2D eigenvalue weighted by molar-refractivity contribution is 0.289. The molecule has 2 aromatic rings. The van der Waals surface area contributed by atoms with E-state index in [1.165, 1.54) is 0 Å². The van der Waals surface area contributed by atoms with Gasteiger partial charge in [0.2, 0.25) is 5.88 Å². The fourth-order valence-corrected chi connectivity index (χ4v) is 1.65. The molecule has 2 heterocycles. The van der Waals surface area contributed by atoms with Crippen molar-refractivity contribution in [2.75, 3.05) is 0 Å². The third-order valence-corrected chi connectivity index (χ3v) is 2.64. The summed E-state index contributed by atoms with van der Waals surface area (Å²) in [5.41, 5.74) is 0.887. The van der Waals surface area contributed by atoms with E-state index >= 15 is 0 Å². The molecule has 0 bridgehead atoms. The van der Waals surface area contributed by atoms with Gasteiger partial charge in [0.15, 0.2) is 5.50 Å². The minimum Gasteiger partial charge on any atom is -0.471 e. The van der Waals surface area contributed by atoms with Crippen LogP contribution in [-0.2, 0) is 13.0 Å². The van der Waals surface area contributed by atoms with Crippen molar-refractivity contribution in [1.29, 1.82) is 0 Å². The number of aromatic nitrogens is 2. The maximum absolute atomic E-state index is 10.2. The standard InChI is InChI=1S/C13H12ClN3O2/c14-12(17-18)7-10-4-5-11(16-8-10)9-19-13-3-1-2-6-15-13/h1-6,8,12H,7,9H2. The quantitative estimate of drug-likeness (QED) is 0.463. The van der Waals surface area contributed by atoms with Gasteiger partial charge in [-0.15, -0.1) is 4.91 Å². The fraction of sp³-hybridized carbons (Fsp3) is 0.231. The first-order valence-electron chi connectivity index (χ1n) is 5.72. The minimum atomic E-state index is -0.752. The SMILES string of the molecule is O=NC(Cl)Cc1ccc(COc2ccccn2)nc1. The van der Waals surface area contributed by atoms with E-state index in [0.29, 0.717) is 18.9 Å². The largest absolute Gasteiger partial charge is 0.471 e. The summed E-state index contributed by atoms with van der Waals surface area (Å²) < 4.78 is 5.47. The van der Waals surface area contributed by atoms with Gasteiger partial charge in [0, 0.05) is 24.9 Å². The van der Waals surface area contributed by atoms with Crippen molar-refractivity contribution in [3.05, 3.63) is 58.9 Å². The van der Waals surface area contributed by atoms with Crippen LogP contribution in [-0.4, -0.2) is 15.5 Å². The predicted octanol–water partition coefficient (Wildman–Crippen LogP) is 2.93. The summed E-state index contributed by atoms with van der Waals surface area (Å²) in [6.45, 7) is 0.341. The Hall–Kier alpha value is -2.01. The Morgan fingerprint density at radius 3 is 2.79 bits per heavy atom. The molecule has 0 spiro atoms. The zero-order chi connectivity index (χ0) is 13.5. The highest BCUT2D eigenvalue weighted by Crippen LogP contribution is 2.10. The first-order chi connectivity index (χ1) is 9.28. The van der Waals surface area contributed by atoms with Gasteiger partial charge >= 0.3 is 0 Å². The first-order valence-corrected chi connectivity index (χ1v) is 6.16. The number of rotatable bonds is 6. The Bertz CT molecular complexity index is 519. The molecule has 19 heavy (non-hydrogen) atoms. The van der Waals surface area contributed by atoms with Crippen LogP contribution in [0.25, 0.3) is 0 Å². The summed E-state index contributed by atoms with van der Waals surface area (Å²) in [5.74, 6) is 0.555. The Labute approximate surface area is 115 Å². The van der Waals surface area contributed by atoms with Gasteiger partial charge in [0.05, 0.1) is 5.69 Å². The second-order valence-electron chi connectivity index (χ2n) is 3.86. The number of hydrogen-bond acceptors (Lipinski definition) is 5. The molecule has 0 radical (unpaired) electrons. The molecule has 0 fully saturated rings. The van der Waals surface area contributed by atoms with Crippen molar-refractivity contribution in [2.24, 2.45) is 5.18 Å². The van der Waals surface area contributed by atoms with Crippen LogP contribution in [0.2, 0.25) is 0 Å². The van der Waals surface area contributed by atoms with Gasteiger partial charge in [-0.3, -0.25) is 4.98 Å². The third-order valence-electron chi connectivity index (χ3n) is 2.41. The molecule has 1 atom stereocenters. The van der Waals surface area contributed by atoms with E-state index in [9.17, 15) is 4.91 Å². The molecule has 0 amide bonds. The maximum Gasteiger partial charge on any atom is 0.213 e. The van der Waals surface area contributed by atoms with E-state index in [-0.39, 0.29) is 0 Å². The molecule has 0 aromatic carbocycles. The Morgan fingerprint density at radius 2 is 2.16 bits per heavy atom. The summed E-state index contributed by atoms with van der Waals surface area (Å²) in [6.07, 6.45) is 3.70. The van der Waals surface area contributed by atoms with Crippen molar-refractivity contribution in [3.8, 4) is 5.88 Å². The van der Waals surface area contributed by atoms with Gasteiger partial charge in [0.1, 0.15) is 6.61 Å². The number of alkyl halides is 1. The summed E-state index contributed by atoms with van der Waals surface area (Å²) in [4.78, 5) is 18.5. The second-order valence-corrected chi connectivity index (χ2v) is 4.36. The molecule has 0 N–H and O–H groups in total. The molecule has 0 aliphatic carbocycles. The average Bonchev–Trinajstić information content (AvgIpc) is 2.47. The molecule has 1 unspecified atom stereocenters. The van der Waals surface area contributed by atoms with E-state index in [0.717, 1.165) is 11.3 Å². The number of nitrogens with zero attached hydrogens (tertiary/aromatic N) is 3.